The largest absolute Gasteiger partial charge is 0.396 e. The lowest BCUT2D eigenvalue weighted by Crippen LogP contribution is -2.42. The number of aryl methyl sites for hydroxylation is 1. The van der Waals surface area contributed by atoms with E-state index >= 15 is 0 Å². The molecule has 0 aromatic heterocycles. The summed E-state index contributed by atoms with van der Waals surface area (Å²) >= 11 is 0. The van der Waals surface area contributed by atoms with E-state index in [1.807, 2.05) is 0 Å². The fourth-order valence-electron chi connectivity index (χ4n) is 2.07. The van der Waals surface area contributed by atoms with E-state index in [1.165, 1.54) is 22.4 Å². The zero-order valence-electron chi connectivity index (χ0n) is 12.0. The molecule has 0 heterocycles. The third kappa shape index (κ3) is 2.81. The molecule has 0 unspecified atom stereocenters. The second-order valence-corrected chi connectivity index (χ2v) is 5.50. The zero-order valence-corrected chi connectivity index (χ0v) is 12.0. The molecular weight excluding hydrogens is 210 g/mol. The van der Waals surface area contributed by atoms with Crippen molar-refractivity contribution in [2.45, 2.75) is 46.6 Å². The minimum absolute atomic E-state index is 0.0266. The lowest BCUT2D eigenvalue weighted by Gasteiger charge is -2.38. The molecule has 0 aliphatic carbocycles. The maximum atomic E-state index is 9.14. The van der Waals surface area contributed by atoms with Crippen LogP contribution in [0.3, 0.4) is 0 Å². The van der Waals surface area contributed by atoms with Gasteiger partial charge in [0.05, 0.1) is 0 Å². The zero-order chi connectivity index (χ0) is 13.2. The van der Waals surface area contributed by atoms with Crippen LogP contribution >= 0.6 is 0 Å². The van der Waals surface area contributed by atoms with Crippen molar-refractivity contribution < 1.29 is 5.11 Å². The summed E-state index contributed by atoms with van der Waals surface area (Å²) < 4.78 is 0. The van der Waals surface area contributed by atoms with Crippen LogP contribution in [-0.2, 0) is 0 Å². The van der Waals surface area contributed by atoms with Crippen molar-refractivity contribution >= 4 is 5.69 Å². The summed E-state index contributed by atoms with van der Waals surface area (Å²) in [5, 5.41) is 9.14. The average molecular weight is 235 g/mol. The van der Waals surface area contributed by atoms with Gasteiger partial charge < -0.3 is 10.0 Å². The third-order valence-electron chi connectivity index (χ3n) is 4.02. The fraction of sp³-hybridized carbons (Fsp3) is 0.600. The van der Waals surface area contributed by atoms with Gasteiger partial charge in [-0.2, -0.15) is 0 Å². The molecule has 96 valence electrons. The van der Waals surface area contributed by atoms with E-state index in [2.05, 4.69) is 58.7 Å². The Morgan fingerprint density at radius 1 is 1.12 bits per heavy atom. The molecule has 0 bridgehead atoms. The van der Waals surface area contributed by atoms with Crippen molar-refractivity contribution in [2.75, 3.05) is 18.6 Å². The molecule has 0 fully saturated rings. The summed E-state index contributed by atoms with van der Waals surface area (Å²) in [5.41, 5.74) is 5.25. The molecule has 0 spiro atoms. The summed E-state index contributed by atoms with van der Waals surface area (Å²) in [4.78, 5) is 2.27. The molecule has 1 rings (SSSR count). The number of anilines is 1. The van der Waals surface area contributed by atoms with Crippen LogP contribution in [0.2, 0.25) is 0 Å². The second kappa shape index (κ2) is 5.09. The second-order valence-electron chi connectivity index (χ2n) is 5.50. The molecule has 1 N–H and O–H groups in total. The van der Waals surface area contributed by atoms with Gasteiger partial charge in [0.2, 0.25) is 0 Å². The highest BCUT2D eigenvalue weighted by Crippen LogP contribution is 2.30. The van der Waals surface area contributed by atoms with Crippen LogP contribution in [0.15, 0.2) is 12.1 Å². The number of aliphatic hydroxyl groups is 1. The predicted molar refractivity (Wildman–Crippen MR) is 74.8 cm³/mol. The maximum Gasteiger partial charge on any atom is 0.0453 e. The fourth-order valence-corrected chi connectivity index (χ4v) is 2.07. The van der Waals surface area contributed by atoms with Crippen molar-refractivity contribution in [1.82, 2.24) is 0 Å². The van der Waals surface area contributed by atoms with E-state index < -0.39 is 0 Å². The van der Waals surface area contributed by atoms with Gasteiger partial charge in [-0.15, -0.1) is 0 Å². The van der Waals surface area contributed by atoms with Crippen LogP contribution in [0, 0.1) is 20.8 Å². The Bertz CT molecular complexity index is 396. The van der Waals surface area contributed by atoms with Crippen LogP contribution in [0.1, 0.15) is 37.0 Å². The SMILES string of the molecule is Cc1ccc(N(C)C(C)(C)CCO)c(C)c1C. The topological polar surface area (TPSA) is 23.5 Å². The Morgan fingerprint density at radius 2 is 1.71 bits per heavy atom. The molecule has 0 saturated carbocycles. The van der Waals surface area contributed by atoms with Gasteiger partial charge in [-0.05, 0) is 63.8 Å². The first-order valence-electron chi connectivity index (χ1n) is 6.22. The maximum absolute atomic E-state index is 9.14. The summed E-state index contributed by atoms with van der Waals surface area (Å²) in [5.74, 6) is 0. The first-order chi connectivity index (χ1) is 7.81. The summed E-state index contributed by atoms with van der Waals surface area (Å²) in [7, 11) is 2.10. The lowest BCUT2D eigenvalue weighted by atomic mass is 9.95. The number of rotatable bonds is 4. The summed E-state index contributed by atoms with van der Waals surface area (Å²) in [6.45, 7) is 11.0. The van der Waals surface area contributed by atoms with E-state index in [4.69, 9.17) is 5.11 Å². The monoisotopic (exact) mass is 235 g/mol. The highest BCUT2D eigenvalue weighted by Gasteiger charge is 2.24. The standard InChI is InChI=1S/C15H25NO/c1-11-7-8-14(13(3)12(11)2)16(6)15(4,5)9-10-17/h7-8,17H,9-10H2,1-6H3. The Hall–Kier alpha value is -1.02. The molecule has 0 saturated heterocycles. The van der Waals surface area contributed by atoms with E-state index in [-0.39, 0.29) is 12.1 Å². The highest BCUT2D eigenvalue weighted by atomic mass is 16.3. The predicted octanol–water partition coefficient (Wildman–Crippen LogP) is 3.21. The first-order valence-corrected chi connectivity index (χ1v) is 6.22. The van der Waals surface area contributed by atoms with E-state index in [9.17, 15) is 0 Å². The van der Waals surface area contributed by atoms with Crippen LogP contribution < -0.4 is 4.90 Å². The smallest absolute Gasteiger partial charge is 0.0453 e. The van der Waals surface area contributed by atoms with Crippen LogP contribution in [-0.4, -0.2) is 24.3 Å². The Balaban J connectivity index is 3.13. The normalized spacial score (nSPS) is 11.7. The molecule has 0 aliphatic rings. The minimum atomic E-state index is -0.0266. The quantitative estimate of drug-likeness (QED) is 0.866. The number of benzene rings is 1. The number of hydrogen-bond acceptors (Lipinski definition) is 2. The van der Waals surface area contributed by atoms with Gasteiger partial charge in [-0.3, -0.25) is 0 Å². The van der Waals surface area contributed by atoms with Crippen molar-refractivity contribution in [1.29, 1.82) is 0 Å². The van der Waals surface area contributed by atoms with Crippen molar-refractivity contribution in [3.63, 3.8) is 0 Å². The molecule has 0 atom stereocenters. The number of aliphatic hydroxyl groups excluding tert-OH is 1. The number of hydrogen-bond donors (Lipinski definition) is 1. The van der Waals surface area contributed by atoms with Crippen LogP contribution in [0.4, 0.5) is 5.69 Å². The number of nitrogens with zero attached hydrogens (tertiary/aromatic N) is 1. The Morgan fingerprint density at radius 3 is 2.24 bits per heavy atom. The molecule has 0 aliphatic heterocycles. The molecule has 0 amide bonds. The van der Waals surface area contributed by atoms with Crippen molar-refractivity contribution in [2.24, 2.45) is 0 Å². The van der Waals surface area contributed by atoms with E-state index in [1.54, 1.807) is 0 Å². The van der Waals surface area contributed by atoms with Gasteiger partial charge in [0.15, 0.2) is 0 Å². The van der Waals surface area contributed by atoms with Gasteiger partial charge in [0, 0.05) is 24.9 Å². The van der Waals surface area contributed by atoms with Gasteiger partial charge in [-0.1, -0.05) is 6.07 Å². The summed E-state index contributed by atoms with van der Waals surface area (Å²) in [6, 6.07) is 4.35. The molecule has 0 radical (unpaired) electrons. The Kier molecular flexibility index (Phi) is 4.21. The van der Waals surface area contributed by atoms with Gasteiger partial charge in [0.1, 0.15) is 0 Å². The third-order valence-corrected chi connectivity index (χ3v) is 4.02. The molecule has 1 aromatic rings. The van der Waals surface area contributed by atoms with Crippen LogP contribution in [0.25, 0.3) is 0 Å². The molecular formula is C15H25NO. The lowest BCUT2D eigenvalue weighted by molar-refractivity contribution is 0.250. The average Bonchev–Trinajstić information content (AvgIpc) is 2.25. The first kappa shape index (κ1) is 14.0. The van der Waals surface area contributed by atoms with E-state index in [0.717, 1.165) is 6.42 Å². The Labute approximate surface area is 105 Å². The van der Waals surface area contributed by atoms with Crippen molar-refractivity contribution in [3.8, 4) is 0 Å². The van der Waals surface area contributed by atoms with Gasteiger partial charge >= 0.3 is 0 Å². The van der Waals surface area contributed by atoms with Crippen LogP contribution in [0.5, 0.6) is 0 Å². The van der Waals surface area contributed by atoms with E-state index in [0.29, 0.717) is 0 Å². The van der Waals surface area contributed by atoms with Crippen molar-refractivity contribution in [3.05, 3.63) is 28.8 Å². The summed E-state index contributed by atoms with van der Waals surface area (Å²) in [6.07, 6.45) is 0.774. The molecule has 2 nitrogen and oxygen atoms in total. The van der Waals surface area contributed by atoms with Gasteiger partial charge in [-0.25, -0.2) is 0 Å². The molecule has 1 aromatic carbocycles. The highest BCUT2D eigenvalue weighted by molar-refractivity contribution is 5.58. The minimum Gasteiger partial charge on any atom is -0.396 e. The van der Waals surface area contributed by atoms with Gasteiger partial charge in [0.25, 0.3) is 0 Å². The molecule has 17 heavy (non-hydrogen) atoms. The molecule has 2 heteroatoms.